The highest BCUT2D eigenvalue weighted by atomic mass is 79.9. The molecule has 1 aromatic rings. The van der Waals surface area contributed by atoms with Gasteiger partial charge in [-0.25, -0.2) is 0 Å². The summed E-state index contributed by atoms with van der Waals surface area (Å²) in [4.78, 5) is 15.2. The quantitative estimate of drug-likeness (QED) is 0.903. The van der Waals surface area contributed by atoms with Gasteiger partial charge in [0.15, 0.2) is 0 Å². The van der Waals surface area contributed by atoms with Crippen LogP contribution in [0.15, 0.2) is 22.9 Å². The van der Waals surface area contributed by atoms with Crippen molar-refractivity contribution in [2.45, 2.75) is 26.3 Å². The third-order valence-corrected chi connectivity index (χ3v) is 2.36. The lowest BCUT2D eigenvalue weighted by molar-refractivity contribution is -0.121. The van der Waals surface area contributed by atoms with Gasteiger partial charge in [0, 0.05) is 23.3 Å². The van der Waals surface area contributed by atoms with Gasteiger partial charge >= 0.3 is 0 Å². The van der Waals surface area contributed by atoms with E-state index in [1.165, 1.54) is 0 Å². The van der Waals surface area contributed by atoms with Crippen LogP contribution in [0, 0.1) is 0 Å². The van der Waals surface area contributed by atoms with Crippen molar-refractivity contribution in [1.82, 2.24) is 10.3 Å². The maximum atomic E-state index is 11.1. The van der Waals surface area contributed by atoms with Gasteiger partial charge < -0.3 is 5.32 Å². The Morgan fingerprint density at radius 1 is 1.64 bits per heavy atom. The average Bonchev–Trinajstić information content (AvgIpc) is 2.17. The van der Waals surface area contributed by atoms with Crippen LogP contribution in [0.1, 0.15) is 31.9 Å². The van der Waals surface area contributed by atoms with Crippen LogP contribution >= 0.6 is 15.9 Å². The Kier molecular flexibility index (Phi) is 4.07. The molecule has 1 rings (SSSR count). The van der Waals surface area contributed by atoms with Crippen molar-refractivity contribution in [2.75, 3.05) is 0 Å². The Labute approximate surface area is 92.1 Å². The SMILES string of the molecule is CCC(=O)N[C@H](C)c1cncc(Br)c1. The van der Waals surface area contributed by atoms with Gasteiger partial charge in [0.05, 0.1) is 6.04 Å². The van der Waals surface area contributed by atoms with E-state index in [-0.39, 0.29) is 11.9 Å². The largest absolute Gasteiger partial charge is 0.350 e. The zero-order chi connectivity index (χ0) is 10.6. The van der Waals surface area contributed by atoms with Crippen LogP contribution in [-0.4, -0.2) is 10.9 Å². The molecule has 1 N–H and O–H groups in total. The van der Waals surface area contributed by atoms with E-state index in [9.17, 15) is 4.79 Å². The number of nitrogens with zero attached hydrogens (tertiary/aromatic N) is 1. The monoisotopic (exact) mass is 256 g/mol. The fraction of sp³-hybridized carbons (Fsp3) is 0.400. The maximum absolute atomic E-state index is 11.1. The molecule has 3 nitrogen and oxygen atoms in total. The standard InChI is InChI=1S/C10H13BrN2O/c1-3-10(14)13-7(2)8-4-9(11)6-12-5-8/h4-7H,3H2,1-2H3,(H,13,14)/t7-/m1/s1. The fourth-order valence-corrected chi connectivity index (χ4v) is 1.47. The first-order valence-electron chi connectivity index (χ1n) is 4.53. The van der Waals surface area contributed by atoms with E-state index in [1.807, 2.05) is 19.9 Å². The van der Waals surface area contributed by atoms with Crippen LogP contribution in [0.25, 0.3) is 0 Å². The van der Waals surface area contributed by atoms with Crippen LogP contribution in [0.3, 0.4) is 0 Å². The summed E-state index contributed by atoms with van der Waals surface area (Å²) in [5, 5.41) is 2.87. The minimum Gasteiger partial charge on any atom is -0.350 e. The minimum absolute atomic E-state index is 0.00690. The molecule has 0 fully saturated rings. The Bertz CT molecular complexity index is 328. The normalized spacial score (nSPS) is 12.2. The number of pyridine rings is 1. The fourth-order valence-electron chi connectivity index (χ4n) is 1.09. The second-order valence-corrected chi connectivity index (χ2v) is 3.99. The number of amides is 1. The number of hydrogen-bond acceptors (Lipinski definition) is 2. The highest BCUT2D eigenvalue weighted by Gasteiger charge is 2.08. The van der Waals surface area contributed by atoms with Gasteiger partial charge in [-0.3, -0.25) is 9.78 Å². The highest BCUT2D eigenvalue weighted by Crippen LogP contribution is 2.16. The van der Waals surface area contributed by atoms with E-state index in [4.69, 9.17) is 0 Å². The summed E-state index contributed by atoms with van der Waals surface area (Å²) in [6, 6.07) is 1.96. The summed E-state index contributed by atoms with van der Waals surface area (Å²) < 4.78 is 0.924. The first-order chi connectivity index (χ1) is 6.63. The van der Waals surface area contributed by atoms with Gasteiger partial charge in [0.1, 0.15) is 0 Å². The first-order valence-corrected chi connectivity index (χ1v) is 5.32. The second-order valence-electron chi connectivity index (χ2n) is 3.08. The molecule has 1 atom stereocenters. The van der Waals surface area contributed by atoms with Crippen molar-refractivity contribution >= 4 is 21.8 Å². The molecule has 0 bridgehead atoms. The zero-order valence-corrected chi connectivity index (χ0v) is 9.84. The van der Waals surface area contributed by atoms with Crippen LogP contribution in [0.5, 0.6) is 0 Å². The van der Waals surface area contributed by atoms with E-state index in [0.717, 1.165) is 10.0 Å². The molecule has 14 heavy (non-hydrogen) atoms. The molecule has 0 aromatic carbocycles. The minimum atomic E-state index is 0.00690. The Morgan fingerprint density at radius 3 is 2.93 bits per heavy atom. The van der Waals surface area contributed by atoms with Gasteiger partial charge in [-0.15, -0.1) is 0 Å². The number of hydrogen-bond donors (Lipinski definition) is 1. The van der Waals surface area contributed by atoms with Crippen molar-refractivity contribution in [3.05, 3.63) is 28.5 Å². The summed E-state index contributed by atoms with van der Waals surface area (Å²) in [5.41, 5.74) is 1.00. The van der Waals surface area contributed by atoms with Gasteiger partial charge in [0.25, 0.3) is 0 Å². The van der Waals surface area contributed by atoms with Gasteiger partial charge in [-0.2, -0.15) is 0 Å². The molecule has 0 aliphatic heterocycles. The molecular formula is C10H13BrN2O. The van der Waals surface area contributed by atoms with Crippen LogP contribution in [0.2, 0.25) is 0 Å². The number of carbonyl (C=O) groups excluding carboxylic acids is 1. The lowest BCUT2D eigenvalue weighted by atomic mass is 10.1. The Balaban J connectivity index is 2.69. The first kappa shape index (κ1) is 11.2. The van der Waals surface area contributed by atoms with Crippen LogP contribution in [-0.2, 0) is 4.79 Å². The molecule has 0 saturated heterocycles. The molecule has 4 heteroatoms. The van der Waals surface area contributed by atoms with Gasteiger partial charge in [-0.05, 0) is 34.5 Å². The van der Waals surface area contributed by atoms with Crippen molar-refractivity contribution in [3.63, 3.8) is 0 Å². The van der Waals surface area contributed by atoms with Crippen molar-refractivity contribution < 1.29 is 4.79 Å². The van der Waals surface area contributed by atoms with E-state index < -0.39 is 0 Å². The molecule has 0 unspecified atom stereocenters. The summed E-state index contributed by atoms with van der Waals surface area (Å²) in [7, 11) is 0. The molecular weight excluding hydrogens is 244 g/mol. The van der Waals surface area contributed by atoms with Gasteiger partial charge in [0.2, 0.25) is 5.91 Å². The van der Waals surface area contributed by atoms with Gasteiger partial charge in [-0.1, -0.05) is 6.92 Å². The lowest BCUT2D eigenvalue weighted by Gasteiger charge is -2.13. The average molecular weight is 257 g/mol. The predicted molar refractivity (Wildman–Crippen MR) is 58.8 cm³/mol. The Morgan fingerprint density at radius 2 is 2.36 bits per heavy atom. The lowest BCUT2D eigenvalue weighted by Crippen LogP contribution is -2.25. The molecule has 0 saturated carbocycles. The third-order valence-electron chi connectivity index (χ3n) is 1.92. The van der Waals surface area contributed by atoms with Crippen molar-refractivity contribution in [2.24, 2.45) is 0 Å². The molecule has 0 aliphatic rings. The number of halogens is 1. The van der Waals surface area contributed by atoms with Crippen molar-refractivity contribution in [3.8, 4) is 0 Å². The smallest absolute Gasteiger partial charge is 0.220 e. The molecule has 76 valence electrons. The van der Waals surface area contributed by atoms with E-state index in [2.05, 4.69) is 26.2 Å². The summed E-state index contributed by atoms with van der Waals surface area (Å²) in [6.07, 6.45) is 3.98. The Hall–Kier alpha value is -0.900. The van der Waals surface area contributed by atoms with E-state index >= 15 is 0 Å². The van der Waals surface area contributed by atoms with Crippen molar-refractivity contribution in [1.29, 1.82) is 0 Å². The van der Waals surface area contributed by atoms with Crippen LogP contribution < -0.4 is 5.32 Å². The molecule has 1 heterocycles. The summed E-state index contributed by atoms with van der Waals surface area (Å²) >= 11 is 3.34. The number of carbonyl (C=O) groups is 1. The van der Waals surface area contributed by atoms with E-state index in [0.29, 0.717) is 6.42 Å². The van der Waals surface area contributed by atoms with E-state index in [1.54, 1.807) is 12.4 Å². The number of nitrogens with one attached hydrogen (secondary N) is 1. The maximum Gasteiger partial charge on any atom is 0.220 e. The molecule has 0 aliphatic carbocycles. The molecule has 0 spiro atoms. The number of aromatic nitrogens is 1. The second kappa shape index (κ2) is 5.10. The molecule has 1 amide bonds. The predicted octanol–water partition coefficient (Wildman–Crippen LogP) is 2.43. The zero-order valence-electron chi connectivity index (χ0n) is 8.25. The summed E-state index contributed by atoms with van der Waals surface area (Å²) in [5.74, 6) is 0.0532. The molecule has 1 aromatic heterocycles. The third kappa shape index (κ3) is 3.10. The topological polar surface area (TPSA) is 42.0 Å². The number of rotatable bonds is 3. The highest BCUT2D eigenvalue weighted by molar-refractivity contribution is 9.10. The molecule has 0 radical (unpaired) electrons. The summed E-state index contributed by atoms with van der Waals surface area (Å²) in [6.45, 7) is 3.78. The van der Waals surface area contributed by atoms with Crippen LogP contribution in [0.4, 0.5) is 0 Å².